The molecule has 0 saturated heterocycles. The van der Waals surface area contributed by atoms with Gasteiger partial charge in [0.05, 0.1) is 13.2 Å². The van der Waals surface area contributed by atoms with Gasteiger partial charge in [0.2, 0.25) is 5.91 Å². The van der Waals surface area contributed by atoms with Gasteiger partial charge in [0.1, 0.15) is 0 Å². The lowest BCUT2D eigenvalue weighted by Gasteiger charge is -2.26. The Balaban J connectivity index is 3.82. The van der Waals surface area contributed by atoms with Crippen molar-refractivity contribution in [2.45, 2.75) is 33.2 Å². The van der Waals surface area contributed by atoms with E-state index in [0.29, 0.717) is 13.2 Å². The number of ether oxygens (including phenoxy) is 1. The smallest absolute Gasteiger partial charge is 0.236 e. The van der Waals surface area contributed by atoms with Crippen LogP contribution in [0.2, 0.25) is 0 Å². The highest BCUT2D eigenvalue weighted by atomic mass is 16.5. The number of nitrogens with one attached hydrogen (secondary N) is 1. The zero-order valence-electron chi connectivity index (χ0n) is 10.4. The van der Waals surface area contributed by atoms with Crippen molar-refractivity contribution in [3.8, 4) is 0 Å². The SMILES string of the molecule is CCCN(C(=O)CNCCOC)C(C)C. The van der Waals surface area contributed by atoms with Gasteiger partial charge in [-0.2, -0.15) is 0 Å². The molecule has 0 fully saturated rings. The maximum atomic E-state index is 11.8. The van der Waals surface area contributed by atoms with Crippen LogP contribution in [-0.4, -0.2) is 50.2 Å². The Morgan fingerprint density at radius 3 is 2.60 bits per heavy atom. The van der Waals surface area contributed by atoms with Crippen molar-refractivity contribution >= 4 is 5.91 Å². The molecule has 0 radical (unpaired) electrons. The van der Waals surface area contributed by atoms with Crippen molar-refractivity contribution in [1.29, 1.82) is 0 Å². The van der Waals surface area contributed by atoms with Gasteiger partial charge in [-0.15, -0.1) is 0 Å². The van der Waals surface area contributed by atoms with E-state index in [1.807, 2.05) is 18.7 Å². The summed E-state index contributed by atoms with van der Waals surface area (Å²) in [7, 11) is 1.65. The zero-order chi connectivity index (χ0) is 11.7. The highest BCUT2D eigenvalue weighted by Gasteiger charge is 2.14. The molecular formula is C11H24N2O2. The molecule has 4 heteroatoms. The van der Waals surface area contributed by atoms with E-state index in [0.717, 1.165) is 19.5 Å². The fourth-order valence-corrected chi connectivity index (χ4v) is 1.38. The summed E-state index contributed by atoms with van der Waals surface area (Å²) in [5.41, 5.74) is 0. The van der Waals surface area contributed by atoms with Crippen LogP contribution < -0.4 is 5.32 Å². The maximum absolute atomic E-state index is 11.8. The molecule has 0 aliphatic rings. The lowest BCUT2D eigenvalue weighted by Crippen LogP contribution is -2.43. The van der Waals surface area contributed by atoms with E-state index < -0.39 is 0 Å². The number of methoxy groups -OCH3 is 1. The zero-order valence-corrected chi connectivity index (χ0v) is 10.4. The average Bonchev–Trinajstić information content (AvgIpc) is 2.20. The summed E-state index contributed by atoms with van der Waals surface area (Å²) in [6, 6.07) is 0.279. The van der Waals surface area contributed by atoms with Crippen LogP contribution in [-0.2, 0) is 9.53 Å². The normalized spacial score (nSPS) is 10.7. The predicted molar refractivity (Wildman–Crippen MR) is 61.9 cm³/mol. The van der Waals surface area contributed by atoms with E-state index >= 15 is 0 Å². The van der Waals surface area contributed by atoms with Crippen molar-refractivity contribution < 1.29 is 9.53 Å². The van der Waals surface area contributed by atoms with E-state index in [4.69, 9.17) is 4.74 Å². The first-order valence-electron chi connectivity index (χ1n) is 5.62. The van der Waals surface area contributed by atoms with Crippen LogP contribution in [0.4, 0.5) is 0 Å². The second-order valence-electron chi connectivity index (χ2n) is 3.85. The van der Waals surface area contributed by atoms with Crippen LogP contribution in [0.5, 0.6) is 0 Å². The third kappa shape index (κ3) is 6.47. The number of rotatable bonds is 8. The monoisotopic (exact) mass is 216 g/mol. The van der Waals surface area contributed by atoms with Gasteiger partial charge in [-0.1, -0.05) is 6.92 Å². The quantitative estimate of drug-likeness (QED) is 0.612. The first kappa shape index (κ1) is 14.4. The van der Waals surface area contributed by atoms with E-state index in [-0.39, 0.29) is 11.9 Å². The molecule has 90 valence electrons. The number of nitrogens with zero attached hydrogens (tertiary/aromatic N) is 1. The molecule has 0 unspecified atom stereocenters. The third-order valence-electron chi connectivity index (χ3n) is 2.17. The van der Waals surface area contributed by atoms with Crippen molar-refractivity contribution in [2.75, 3.05) is 33.4 Å². The van der Waals surface area contributed by atoms with Gasteiger partial charge in [-0.05, 0) is 20.3 Å². The van der Waals surface area contributed by atoms with Gasteiger partial charge < -0.3 is 15.0 Å². The highest BCUT2D eigenvalue weighted by molar-refractivity contribution is 5.78. The molecule has 0 spiro atoms. The molecule has 15 heavy (non-hydrogen) atoms. The lowest BCUT2D eigenvalue weighted by molar-refractivity contribution is -0.131. The van der Waals surface area contributed by atoms with Crippen molar-refractivity contribution in [3.63, 3.8) is 0 Å². The minimum atomic E-state index is 0.169. The third-order valence-corrected chi connectivity index (χ3v) is 2.17. The second-order valence-corrected chi connectivity index (χ2v) is 3.85. The summed E-state index contributed by atoms with van der Waals surface area (Å²) in [6.45, 7) is 8.78. The molecule has 0 aromatic rings. The van der Waals surface area contributed by atoms with E-state index in [2.05, 4.69) is 12.2 Å². The number of hydrogen-bond donors (Lipinski definition) is 1. The van der Waals surface area contributed by atoms with Crippen molar-refractivity contribution in [2.24, 2.45) is 0 Å². The van der Waals surface area contributed by atoms with Crippen LogP contribution in [0.25, 0.3) is 0 Å². The average molecular weight is 216 g/mol. The highest BCUT2D eigenvalue weighted by Crippen LogP contribution is 1.99. The number of carbonyl (C=O) groups excluding carboxylic acids is 1. The summed E-state index contributed by atoms with van der Waals surface area (Å²) in [4.78, 5) is 13.7. The van der Waals surface area contributed by atoms with Crippen LogP contribution >= 0.6 is 0 Å². The molecular weight excluding hydrogens is 192 g/mol. The van der Waals surface area contributed by atoms with Crippen LogP contribution in [0.3, 0.4) is 0 Å². The van der Waals surface area contributed by atoms with Crippen molar-refractivity contribution in [3.05, 3.63) is 0 Å². The molecule has 1 amide bonds. The fourth-order valence-electron chi connectivity index (χ4n) is 1.38. The van der Waals surface area contributed by atoms with Crippen molar-refractivity contribution in [1.82, 2.24) is 10.2 Å². The summed E-state index contributed by atoms with van der Waals surface area (Å²) in [5.74, 6) is 0.169. The molecule has 0 bridgehead atoms. The topological polar surface area (TPSA) is 41.6 Å². The summed E-state index contributed by atoms with van der Waals surface area (Å²) >= 11 is 0. The molecule has 0 heterocycles. The summed E-state index contributed by atoms with van der Waals surface area (Å²) in [6.07, 6.45) is 1.00. The Labute approximate surface area is 93.0 Å². The van der Waals surface area contributed by atoms with Gasteiger partial charge >= 0.3 is 0 Å². The first-order chi connectivity index (χ1) is 7.13. The summed E-state index contributed by atoms with van der Waals surface area (Å²) in [5, 5.41) is 3.06. The Bertz CT molecular complexity index is 172. The number of amides is 1. The Morgan fingerprint density at radius 2 is 2.13 bits per heavy atom. The van der Waals surface area contributed by atoms with Gasteiger partial charge in [0.15, 0.2) is 0 Å². The minimum Gasteiger partial charge on any atom is -0.383 e. The largest absolute Gasteiger partial charge is 0.383 e. The van der Waals surface area contributed by atoms with E-state index in [9.17, 15) is 4.79 Å². The van der Waals surface area contributed by atoms with Gasteiger partial charge in [0.25, 0.3) is 0 Å². The van der Waals surface area contributed by atoms with Crippen LogP contribution in [0.15, 0.2) is 0 Å². The molecule has 0 saturated carbocycles. The molecule has 4 nitrogen and oxygen atoms in total. The van der Waals surface area contributed by atoms with Gasteiger partial charge in [-0.3, -0.25) is 4.79 Å². The van der Waals surface area contributed by atoms with Crippen LogP contribution in [0, 0.1) is 0 Å². The van der Waals surface area contributed by atoms with E-state index in [1.54, 1.807) is 7.11 Å². The molecule has 0 rings (SSSR count). The predicted octanol–water partition coefficient (Wildman–Crippen LogP) is 0.869. The molecule has 0 aliphatic carbocycles. The first-order valence-corrected chi connectivity index (χ1v) is 5.62. The second kappa shape index (κ2) is 8.68. The minimum absolute atomic E-state index is 0.169. The molecule has 0 aromatic carbocycles. The molecule has 1 N–H and O–H groups in total. The summed E-state index contributed by atoms with van der Waals surface area (Å²) < 4.78 is 4.89. The standard InChI is InChI=1S/C11H24N2O2/c1-5-7-13(10(2)3)11(14)9-12-6-8-15-4/h10,12H,5-9H2,1-4H3. The number of hydrogen-bond acceptors (Lipinski definition) is 3. The Morgan fingerprint density at radius 1 is 1.47 bits per heavy atom. The number of carbonyl (C=O) groups is 1. The van der Waals surface area contributed by atoms with E-state index in [1.165, 1.54) is 0 Å². The lowest BCUT2D eigenvalue weighted by atomic mass is 10.3. The Hall–Kier alpha value is -0.610. The molecule has 0 aromatic heterocycles. The molecule has 0 aliphatic heterocycles. The van der Waals surface area contributed by atoms with Crippen LogP contribution in [0.1, 0.15) is 27.2 Å². The molecule has 0 atom stereocenters. The maximum Gasteiger partial charge on any atom is 0.236 e. The Kier molecular flexibility index (Phi) is 8.33. The van der Waals surface area contributed by atoms with Gasteiger partial charge in [0, 0.05) is 26.2 Å². The fraction of sp³-hybridized carbons (Fsp3) is 0.909. The van der Waals surface area contributed by atoms with Gasteiger partial charge in [-0.25, -0.2) is 0 Å².